The average Bonchev–Trinajstić information content (AvgIpc) is 2.80. The highest BCUT2D eigenvalue weighted by atomic mass is 35.5. The van der Waals surface area contributed by atoms with Crippen molar-refractivity contribution >= 4 is 28.8 Å². The van der Waals surface area contributed by atoms with Crippen molar-refractivity contribution in [3.05, 3.63) is 81.8 Å². The Morgan fingerprint density at radius 3 is 2.26 bits per heavy atom. The highest BCUT2D eigenvalue weighted by Gasteiger charge is 2.44. The number of nitrogens with zero attached hydrogens (tertiary/aromatic N) is 3. The van der Waals surface area contributed by atoms with E-state index in [0.29, 0.717) is 34.8 Å². The molecule has 0 saturated carbocycles. The van der Waals surface area contributed by atoms with Crippen LogP contribution >= 0.6 is 11.6 Å². The van der Waals surface area contributed by atoms with E-state index in [1.807, 2.05) is 29.2 Å². The van der Waals surface area contributed by atoms with Crippen molar-refractivity contribution in [1.82, 2.24) is 0 Å². The van der Waals surface area contributed by atoms with E-state index in [9.17, 15) is 10.1 Å². The summed E-state index contributed by atoms with van der Waals surface area (Å²) in [5.41, 5.74) is 11.3. The smallest absolute Gasteiger partial charge is 0.162 e. The van der Waals surface area contributed by atoms with Gasteiger partial charge >= 0.3 is 0 Å². The van der Waals surface area contributed by atoms with Crippen molar-refractivity contribution in [3.8, 4) is 6.07 Å². The van der Waals surface area contributed by atoms with Crippen LogP contribution in [0.2, 0.25) is 5.02 Å². The van der Waals surface area contributed by atoms with Gasteiger partial charge in [-0.3, -0.25) is 9.69 Å². The van der Waals surface area contributed by atoms with Crippen molar-refractivity contribution < 1.29 is 4.79 Å². The normalized spacial score (nSPS) is 19.7. The summed E-state index contributed by atoms with van der Waals surface area (Å²) in [6.45, 7) is 10.3. The number of nitriles is 1. The number of carbonyl (C=O) groups excluding carboxylic acids is 1. The first-order chi connectivity index (χ1) is 16.2. The zero-order valence-corrected chi connectivity index (χ0v) is 21.0. The summed E-state index contributed by atoms with van der Waals surface area (Å²) in [6.07, 6.45) is 1.12. The topological polar surface area (TPSA) is 73.4 Å². The lowest BCUT2D eigenvalue weighted by Gasteiger charge is -2.43. The zero-order chi connectivity index (χ0) is 24.6. The van der Waals surface area contributed by atoms with E-state index in [4.69, 9.17) is 17.3 Å². The summed E-state index contributed by atoms with van der Waals surface area (Å²) < 4.78 is 0. The van der Waals surface area contributed by atoms with Gasteiger partial charge in [-0.2, -0.15) is 5.26 Å². The molecule has 0 bridgehead atoms. The maximum Gasteiger partial charge on any atom is 0.162 e. The SMILES string of the molecule is CCN(CC)c1ccc([C@H]2C(C#N)=C(N)N(c3ccc(Cl)cc3)C3=C2C(=O)CC(C)(C)C3)cc1. The molecule has 2 aliphatic rings. The predicted octanol–water partition coefficient (Wildman–Crippen LogP) is 6.13. The van der Waals surface area contributed by atoms with Crippen LogP contribution in [0.1, 0.15) is 52.0 Å². The molecule has 0 amide bonds. The van der Waals surface area contributed by atoms with Gasteiger partial charge in [0.25, 0.3) is 0 Å². The molecule has 5 nitrogen and oxygen atoms in total. The van der Waals surface area contributed by atoms with Gasteiger partial charge in [-0.15, -0.1) is 0 Å². The van der Waals surface area contributed by atoms with Gasteiger partial charge in [-0.05, 0) is 67.6 Å². The van der Waals surface area contributed by atoms with Gasteiger partial charge in [-0.25, -0.2) is 0 Å². The number of hydrogen-bond acceptors (Lipinski definition) is 5. The van der Waals surface area contributed by atoms with Gasteiger partial charge in [0.15, 0.2) is 5.78 Å². The Labute approximate surface area is 207 Å². The molecule has 6 heteroatoms. The first-order valence-electron chi connectivity index (χ1n) is 11.8. The minimum absolute atomic E-state index is 0.0725. The molecule has 0 aromatic heterocycles. The Morgan fingerprint density at radius 1 is 1.09 bits per heavy atom. The Balaban J connectivity index is 1.90. The second-order valence-corrected chi connectivity index (χ2v) is 10.2. The van der Waals surface area contributed by atoms with E-state index in [-0.39, 0.29) is 11.2 Å². The quantitative estimate of drug-likeness (QED) is 0.564. The maximum atomic E-state index is 13.6. The third kappa shape index (κ3) is 4.19. The molecule has 1 heterocycles. The number of allylic oxidation sites excluding steroid dienone is 3. The number of anilines is 2. The molecule has 2 N–H and O–H groups in total. The van der Waals surface area contributed by atoms with Crippen molar-refractivity contribution in [3.63, 3.8) is 0 Å². The van der Waals surface area contributed by atoms with Gasteiger partial charge < -0.3 is 10.6 Å². The van der Waals surface area contributed by atoms with Crippen LogP contribution in [0.5, 0.6) is 0 Å². The van der Waals surface area contributed by atoms with Crippen molar-refractivity contribution in [2.75, 3.05) is 22.9 Å². The summed E-state index contributed by atoms with van der Waals surface area (Å²) >= 11 is 6.12. The Morgan fingerprint density at radius 2 is 1.71 bits per heavy atom. The molecule has 0 spiro atoms. The van der Waals surface area contributed by atoms with Crippen LogP contribution < -0.4 is 15.5 Å². The third-order valence-electron chi connectivity index (χ3n) is 6.82. The molecular formula is C28H31ClN4O. The van der Waals surface area contributed by atoms with Crippen molar-refractivity contribution in [1.29, 1.82) is 5.26 Å². The maximum absolute atomic E-state index is 13.6. The molecule has 4 rings (SSSR count). The number of rotatable bonds is 5. The molecule has 1 atom stereocenters. The van der Waals surface area contributed by atoms with E-state index in [1.54, 1.807) is 12.1 Å². The fraction of sp³-hybridized carbons (Fsp3) is 0.357. The number of carbonyl (C=O) groups is 1. The molecule has 1 aliphatic carbocycles. The lowest BCUT2D eigenvalue weighted by atomic mass is 9.68. The third-order valence-corrected chi connectivity index (χ3v) is 7.07. The summed E-state index contributed by atoms with van der Waals surface area (Å²) in [6, 6.07) is 17.9. The van der Waals surface area contributed by atoms with Gasteiger partial charge in [0.2, 0.25) is 0 Å². The number of hydrogen-bond donors (Lipinski definition) is 1. The summed E-state index contributed by atoms with van der Waals surface area (Å²) in [5.74, 6) is -0.0342. The fourth-order valence-corrected chi connectivity index (χ4v) is 5.32. The molecule has 1 aliphatic heterocycles. The van der Waals surface area contributed by atoms with E-state index in [2.05, 4.69) is 50.8 Å². The first-order valence-corrected chi connectivity index (χ1v) is 12.1. The molecule has 2 aromatic carbocycles. The lowest BCUT2D eigenvalue weighted by Crippen LogP contribution is -2.42. The van der Waals surface area contributed by atoms with Crippen molar-refractivity contribution in [2.24, 2.45) is 11.1 Å². The molecule has 0 saturated heterocycles. The number of Topliss-reactive ketones (excluding diaryl/α,β-unsaturated/α-hetero) is 1. The molecule has 2 aromatic rings. The highest BCUT2D eigenvalue weighted by Crippen LogP contribution is 2.50. The Bertz CT molecular complexity index is 1200. The molecule has 0 unspecified atom stereocenters. The fourth-order valence-electron chi connectivity index (χ4n) is 5.19. The van der Waals surface area contributed by atoms with E-state index >= 15 is 0 Å². The van der Waals surface area contributed by atoms with E-state index in [0.717, 1.165) is 35.7 Å². The van der Waals surface area contributed by atoms with Gasteiger partial charge in [-0.1, -0.05) is 37.6 Å². The van der Waals surface area contributed by atoms with Gasteiger partial charge in [0.1, 0.15) is 5.82 Å². The van der Waals surface area contributed by atoms with Crippen LogP contribution in [0.25, 0.3) is 0 Å². The summed E-state index contributed by atoms with van der Waals surface area (Å²) in [5, 5.41) is 10.8. The van der Waals surface area contributed by atoms with Crippen LogP contribution in [0, 0.1) is 16.7 Å². The molecular weight excluding hydrogens is 444 g/mol. The molecule has 34 heavy (non-hydrogen) atoms. The second-order valence-electron chi connectivity index (χ2n) is 9.72. The second kappa shape index (κ2) is 9.19. The molecule has 176 valence electrons. The van der Waals surface area contributed by atoms with E-state index in [1.165, 1.54) is 0 Å². The van der Waals surface area contributed by atoms with E-state index < -0.39 is 5.92 Å². The van der Waals surface area contributed by atoms with Crippen molar-refractivity contribution in [2.45, 2.75) is 46.5 Å². The average molecular weight is 475 g/mol. The monoisotopic (exact) mass is 474 g/mol. The standard InChI is InChI=1S/C28H31ClN4O/c1-5-32(6-2)20-11-7-18(8-12-20)25-22(17-30)27(31)33(21-13-9-19(29)10-14-21)23-15-28(3,4)16-24(34)26(23)25/h7-14,25H,5-6,15-16,31H2,1-4H3/t25-/m0/s1. The molecule has 0 fully saturated rings. The zero-order valence-electron chi connectivity index (χ0n) is 20.2. The number of nitrogens with two attached hydrogens (primary N) is 1. The first kappa shape index (κ1) is 23.9. The van der Waals surface area contributed by atoms with Crippen LogP contribution in [-0.4, -0.2) is 18.9 Å². The summed E-state index contributed by atoms with van der Waals surface area (Å²) in [4.78, 5) is 17.8. The number of halogens is 1. The summed E-state index contributed by atoms with van der Waals surface area (Å²) in [7, 11) is 0. The van der Waals surface area contributed by atoms with Crippen LogP contribution in [0.15, 0.2) is 71.2 Å². The van der Waals surface area contributed by atoms with Crippen LogP contribution in [0.4, 0.5) is 11.4 Å². The number of ketones is 1. The lowest BCUT2D eigenvalue weighted by molar-refractivity contribution is -0.118. The van der Waals surface area contributed by atoms with Crippen LogP contribution in [-0.2, 0) is 4.79 Å². The highest BCUT2D eigenvalue weighted by molar-refractivity contribution is 6.30. The van der Waals surface area contributed by atoms with Crippen LogP contribution in [0.3, 0.4) is 0 Å². The van der Waals surface area contributed by atoms with Gasteiger partial charge in [0, 0.05) is 47.2 Å². The Kier molecular flexibility index (Phi) is 6.47. The van der Waals surface area contributed by atoms with Gasteiger partial charge in [0.05, 0.1) is 17.6 Å². The largest absolute Gasteiger partial charge is 0.384 e. The Hall–Kier alpha value is -3.23. The number of benzene rings is 2. The minimum atomic E-state index is -0.474. The predicted molar refractivity (Wildman–Crippen MR) is 139 cm³/mol. The molecule has 0 radical (unpaired) electrons. The minimum Gasteiger partial charge on any atom is -0.384 e.